The highest BCUT2D eigenvalue weighted by atomic mass is 35.5. The Morgan fingerprint density at radius 1 is 1.42 bits per heavy atom. The largest absolute Gasteiger partial charge is 0.496 e. The second kappa shape index (κ2) is 5.47. The fraction of sp³-hybridized carbons (Fsp3) is 0.214. The molecule has 2 aromatic carbocycles. The highest BCUT2D eigenvalue weighted by Gasteiger charge is 2.18. The number of hydrogen-bond acceptors (Lipinski definition) is 3. The van der Waals surface area contributed by atoms with Crippen LogP contribution in [0.1, 0.15) is 5.56 Å². The first-order chi connectivity index (χ1) is 9.04. The molecule has 0 bridgehead atoms. The molecule has 0 heterocycles. The lowest BCUT2D eigenvalue weighted by Crippen LogP contribution is -2.32. The van der Waals surface area contributed by atoms with E-state index in [-0.39, 0.29) is 6.42 Å². The fourth-order valence-electron chi connectivity index (χ4n) is 2.05. The molecule has 0 aliphatic rings. The minimum Gasteiger partial charge on any atom is -0.496 e. The first-order valence-corrected chi connectivity index (χ1v) is 6.15. The molecule has 0 saturated carbocycles. The third kappa shape index (κ3) is 2.64. The van der Waals surface area contributed by atoms with Crippen LogP contribution in [-0.2, 0) is 11.2 Å². The maximum absolute atomic E-state index is 10.9. The normalized spacial score (nSPS) is 12.4. The lowest BCUT2D eigenvalue weighted by atomic mass is 9.98. The summed E-state index contributed by atoms with van der Waals surface area (Å²) in [5.41, 5.74) is 6.32. The van der Waals surface area contributed by atoms with Gasteiger partial charge in [-0.05, 0) is 17.0 Å². The molecule has 0 radical (unpaired) electrons. The third-order valence-electron chi connectivity index (χ3n) is 3.02. The maximum Gasteiger partial charge on any atom is 0.320 e. The van der Waals surface area contributed by atoms with Crippen LogP contribution in [0.25, 0.3) is 10.8 Å². The molecule has 0 fully saturated rings. The van der Waals surface area contributed by atoms with Gasteiger partial charge in [0.15, 0.2) is 0 Å². The number of carbonyl (C=O) groups is 1. The van der Waals surface area contributed by atoms with Crippen LogP contribution < -0.4 is 10.5 Å². The molecule has 0 saturated heterocycles. The van der Waals surface area contributed by atoms with Gasteiger partial charge in [-0.15, -0.1) is 0 Å². The lowest BCUT2D eigenvalue weighted by Gasteiger charge is -2.14. The van der Waals surface area contributed by atoms with Crippen LogP contribution in [0, 0.1) is 0 Å². The number of carboxylic acid groups (broad SMARTS) is 1. The zero-order chi connectivity index (χ0) is 14.0. The first kappa shape index (κ1) is 13.6. The van der Waals surface area contributed by atoms with Crippen molar-refractivity contribution in [1.29, 1.82) is 0 Å². The van der Waals surface area contributed by atoms with Gasteiger partial charge in [0.05, 0.1) is 7.11 Å². The van der Waals surface area contributed by atoms with E-state index in [0.717, 1.165) is 16.3 Å². The van der Waals surface area contributed by atoms with Gasteiger partial charge in [0.2, 0.25) is 0 Å². The smallest absolute Gasteiger partial charge is 0.320 e. The van der Waals surface area contributed by atoms with Crippen molar-refractivity contribution in [2.75, 3.05) is 7.11 Å². The predicted molar refractivity (Wildman–Crippen MR) is 74.8 cm³/mol. The Hall–Kier alpha value is -1.78. The molecular weight excluding hydrogens is 266 g/mol. The molecule has 0 amide bonds. The standard InChI is InChI=1S/C14H14ClNO3/c1-19-13-7-11(15)10(6-12(16)14(17)18)8-4-2-3-5-9(8)13/h2-5,7,12H,6,16H2,1H3,(H,17,18). The molecule has 4 nitrogen and oxygen atoms in total. The number of fused-ring (bicyclic) bond motifs is 1. The van der Waals surface area contributed by atoms with E-state index < -0.39 is 12.0 Å². The molecule has 19 heavy (non-hydrogen) atoms. The molecule has 0 aliphatic heterocycles. The molecule has 1 atom stereocenters. The minimum absolute atomic E-state index is 0.179. The molecule has 0 spiro atoms. The van der Waals surface area contributed by atoms with E-state index in [0.29, 0.717) is 10.8 Å². The number of benzene rings is 2. The Bertz CT molecular complexity index is 627. The summed E-state index contributed by atoms with van der Waals surface area (Å²) in [7, 11) is 1.57. The van der Waals surface area contributed by atoms with Gasteiger partial charge in [-0.2, -0.15) is 0 Å². The summed E-state index contributed by atoms with van der Waals surface area (Å²) in [5.74, 6) is -0.385. The van der Waals surface area contributed by atoms with Crippen molar-refractivity contribution < 1.29 is 14.6 Å². The van der Waals surface area contributed by atoms with Crippen LogP contribution >= 0.6 is 11.6 Å². The monoisotopic (exact) mass is 279 g/mol. The van der Waals surface area contributed by atoms with Crippen molar-refractivity contribution in [3.8, 4) is 5.75 Å². The summed E-state index contributed by atoms with van der Waals surface area (Å²) < 4.78 is 5.28. The molecule has 3 N–H and O–H groups in total. The first-order valence-electron chi connectivity index (χ1n) is 5.77. The topological polar surface area (TPSA) is 72.5 Å². The SMILES string of the molecule is COc1cc(Cl)c(CC(N)C(=O)O)c2ccccc12. The second-order valence-corrected chi connectivity index (χ2v) is 4.64. The van der Waals surface area contributed by atoms with Crippen LogP contribution in [0.4, 0.5) is 0 Å². The minimum atomic E-state index is -1.05. The molecular formula is C14H14ClNO3. The zero-order valence-corrected chi connectivity index (χ0v) is 11.1. The van der Waals surface area contributed by atoms with Gasteiger partial charge in [-0.3, -0.25) is 4.79 Å². The number of carboxylic acids is 1. The van der Waals surface area contributed by atoms with Gasteiger partial charge in [0.25, 0.3) is 0 Å². The van der Waals surface area contributed by atoms with Gasteiger partial charge in [-0.1, -0.05) is 35.9 Å². The summed E-state index contributed by atoms with van der Waals surface area (Å²) in [6.45, 7) is 0. The molecule has 1 unspecified atom stereocenters. The van der Waals surface area contributed by atoms with Crippen LogP contribution in [0.3, 0.4) is 0 Å². The molecule has 2 aromatic rings. The second-order valence-electron chi connectivity index (χ2n) is 4.23. The van der Waals surface area contributed by atoms with Crippen molar-refractivity contribution in [2.45, 2.75) is 12.5 Å². The quantitative estimate of drug-likeness (QED) is 0.902. The van der Waals surface area contributed by atoms with Crippen molar-refractivity contribution >= 4 is 28.3 Å². The van der Waals surface area contributed by atoms with Crippen LogP contribution in [-0.4, -0.2) is 24.2 Å². The number of ether oxygens (including phenoxy) is 1. The van der Waals surface area contributed by atoms with Crippen molar-refractivity contribution in [1.82, 2.24) is 0 Å². The van der Waals surface area contributed by atoms with E-state index in [1.807, 2.05) is 24.3 Å². The maximum atomic E-state index is 10.9. The van der Waals surface area contributed by atoms with Gasteiger partial charge < -0.3 is 15.6 Å². The molecule has 100 valence electrons. The third-order valence-corrected chi connectivity index (χ3v) is 3.36. The summed E-state index contributed by atoms with van der Waals surface area (Å²) in [5, 5.41) is 11.1. The van der Waals surface area contributed by atoms with E-state index >= 15 is 0 Å². The van der Waals surface area contributed by atoms with Crippen molar-refractivity contribution in [3.05, 3.63) is 40.9 Å². The van der Waals surface area contributed by atoms with Crippen molar-refractivity contribution in [3.63, 3.8) is 0 Å². The highest BCUT2D eigenvalue weighted by Crippen LogP contribution is 2.34. The highest BCUT2D eigenvalue weighted by molar-refractivity contribution is 6.32. The fourth-order valence-corrected chi connectivity index (χ4v) is 2.33. The molecule has 2 rings (SSSR count). The number of aliphatic carboxylic acids is 1. The molecule has 0 aromatic heterocycles. The average Bonchev–Trinajstić information content (AvgIpc) is 2.41. The Kier molecular flexibility index (Phi) is 3.93. The Labute approximate surface area is 115 Å². The van der Waals surface area contributed by atoms with Gasteiger partial charge in [0, 0.05) is 16.8 Å². The summed E-state index contributed by atoms with van der Waals surface area (Å²) in [6.07, 6.45) is 0.179. The number of halogens is 1. The van der Waals surface area contributed by atoms with Gasteiger partial charge in [-0.25, -0.2) is 0 Å². The van der Waals surface area contributed by atoms with E-state index in [2.05, 4.69) is 0 Å². The molecule has 5 heteroatoms. The predicted octanol–water partition coefficient (Wildman–Crippen LogP) is 2.46. The van der Waals surface area contributed by atoms with Crippen LogP contribution in [0.5, 0.6) is 5.75 Å². The van der Waals surface area contributed by atoms with E-state index in [4.69, 9.17) is 27.2 Å². The summed E-state index contributed by atoms with van der Waals surface area (Å²) >= 11 is 6.21. The van der Waals surface area contributed by atoms with E-state index in [1.165, 1.54) is 0 Å². The lowest BCUT2D eigenvalue weighted by molar-refractivity contribution is -0.138. The number of rotatable bonds is 4. The van der Waals surface area contributed by atoms with Gasteiger partial charge in [0.1, 0.15) is 11.8 Å². The average molecular weight is 280 g/mol. The van der Waals surface area contributed by atoms with Crippen LogP contribution in [0.2, 0.25) is 5.02 Å². The molecule has 0 aliphatic carbocycles. The Morgan fingerprint density at radius 2 is 2.05 bits per heavy atom. The summed E-state index contributed by atoms with van der Waals surface area (Å²) in [4.78, 5) is 10.9. The van der Waals surface area contributed by atoms with Crippen molar-refractivity contribution in [2.24, 2.45) is 5.73 Å². The Balaban J connectivity index is 2.60. The zero-order valence-electron chi connectivity index (χ0n) is 10.4. The number of nitrogens with two attached hydrogens (primary N) is 1. The summed E-state index contributed by atoms with van der Waals surface area (Å²) in [6, 6.07) is 8.25. The van der Waals surface area contributed by atoms with Gasteiger partial charge >= 0.3 is 5.97 Å². The number of methoxy groups -OCH3 is 1. The number of hydrogen-bond donors (Lipinski definition) is 2. The van der Waals surface area contributed by atoms with E-state index in [1.54, 1.807) is 13.2 Å². The Morgan fingerprint density at radius 3 is 2.63 bits per heavy atom. The van der Waals surface area contributed by atoms with Crippen LogP contribution in [0.15, 0.2) is 30.3 Å². The van der Waals surface area contributed by atoms with E-state index in [9.17, 15) is 4.79 Å².